The molecule has 3 fully saturated rings. The van der Waals surface area contributed by atoms with Crippen molar-refractivity contribution in [1.29, 1.82) is 0 Å². The molecule has 3 aliphatic rings. The SMILES string of the molecule is CCCCCCCS(=O)(=O)c1ccc(NC(=O)c2ccc(N3CC4CC(C3)N4C(=O)OC(C)(C)C)cc2N(C)S(C)(=O)=O)cc1. The fourth-order valence-electron chi connectivity index (χ4n) is 5.74. The summed E-state index contributed by atoms with van der Waals surface area (Å²) in [5.74, 6) is -0.454. The number of unbranched alkanes of at least 4 members (excludes halogenated alkanes) is 4. The fourth-order valence-corrected chi connectivity index (χ4v) is 7.62. The minimum absolute atomic E-state index is 0.0227. The maximum absolute atomic E-state index is 13.4. The van der Waals surface area contributed by atoms with Crippen molar-refractivity contribution in [3.63, 3.8) is 0 Å². The van der Waals surface area contributed by atoms with Gasteiger partial charge >= 0.3 is 6.09 Å². The Labute approximate surface area is 267 Å². The van der Waals surface area contributed by atoms with Gasteiger partial charge in [-0.25, -0.2) is 21.6 Å². The number of piperidine rings is 1. The van der Waals surface area contributed by atoms with Crippen molar-refractivity contribution in [1.82, 2.24) is 4.90 Å². The first-order chi connectivity index (χ1) is 21.0. The average Bonchev–Trinajstić information content (AvgIpc) is 2.95. The quantitative estimate of drug-likeness (QED) is 0.304. The third-order valence-corrected chi connectivity index (χ3v) is 11.2. The summed E-state index contributed by atoms with van der Waals surface area (Å²) in [5, 5.41) is 2.77. The second-order valence-electron chi connectivity index (χ2n) is 13.0. The van der Waals surface area contributed by atoms with Crippen LogP contribution < -0.4 is 14.5 Å². The standard InChI is InChI=1S/C32H46N4O7S2/c1-7-8-9-10-11-18-45(41,42)27-15-12-23(13-16-27)33-30(37)28-17-14-24(20-29(28)34(5)44(6,39)40)35-21-25-19-26(22-35)36(25)31(38)43-32(2,3)4/h12-17,20,25-26H,7-11,18-19,21-22H2,1-6H3,(H,33,37). The van der Waals surface area contributed by atoms with Gasteiger partial charge in [0.2, 0.25) is 10.0 Å². The van der Waals surface area contributed by atoms with Gasteiger partial charge in [-0.1, -0.05) is 32.6 Å². The van der Waals surface area contributed by atoms with E-state index in [1.807, 2.05) is 20.8 Å². The summed E-state index contributed by atoms with van der Waals surface area (Å²) in [6, 6.07) is 11.0. The van der Waals surface area contributed by atoms with Crippen LogP contribution in [-0.4, -0.2) is 83.6 Å². The van der Waals surface area contributed by atoms with E-state index in [-0.39, 0.29) is 40.1 Å². The van der Waals surface area contributed by atoms with Gasteiger partial charge in [-0.3, -0.25) is 14.0 Å². The van der Waals surface area contributed by atoms with E-state index in [1.165, 1.54) is 31.3 Å². The Morgan fingerprint density at radius 2 is 1.58 bits per heavy atom. The van der Waals surface area contributed by atoms with Crippen molar-refractivity contribution in [3.8, 4) is 0 Å². The number of fused-ring (bicyclic) bond motifs is 2. The molecule has 5 rings (SSSR count). The molecule has 0 saturated carbocycles. The number of benzene rings is 2. The summed E-state index contributed by atoms with van der Waals surface area (Å²) < 4.78 is 57.3. The van der Waals surface area contributed by atoms with Gasteiger partial charge in [0.25, 0.3) is 5.91 Å². The largest absolute Gasteiger partial charge is 0.444 e. The van der Waals surface area contributed by atoms with Crippen LogP contribution in [0.15, 0.2) is 47.4 Å². The Balaban J connectivity index is 1.48. The third-order valence-electron chi connectivity index (χ3n) is 8.21. The molecule has 2 amide bonds. The lowest BCUT2D eigenvalue weighted by Crippen LogP contribution is -2.70. The number of sulfone groups is 1. The maximum atomic E-state index is 13.4. The van der Waals surface area contributed by atoms with Crippen LogP contribution in [-0.2, 0) is 24.6 Å². The first-order valence-electron chi connectivity index (χ1n) is 15.5. The molecule has 0 radical (unpaired) electrons. The number of amides is 2. The van der Waals surface area contributed by atoms with Crippen LogP contribution in [0.1, 0.15) is 76.6 Å². The van der Waals surface area contributed by atoms with E-state index in [0.29, 0.717) is 25.2 Å². The van der Waals surface area contributed by atoms with Crippen LogP contribution in [0, 0.1) is 0 Å². The van der Waals surface area contributed by atoms with Crippen molar-refractivity contribution in [2.45, 2.75) is 88.8 Å². The second-order valence-corrected chi connectivity index (χ2v) is 17.1. The molecule has 2 aromatic carbocycles. The van der Waals surface area contributed by atoms with Crippen molar-refractivity contribution in [2.75, 3.05) is 46.7 Å². The first-order valence-corrected chi connectivity index (χ1v) is 19.0. The van der Waals surface area contributed by atoms with E-state index in [1.54, 1.807) is 23.1 Å². The lowest BCUT2D eigenvalue weighted by molar-refractivity contribution is -0.0379. The summed E-state index contributed by atoms with van der Waals surface area (Å²) >= 11 is 0. The van der Waals surface area contributed by atoms with Crippen molar-refractivity contribution >= 4 is 48.9 Å². The summed E-state index contributed by atoms with van der Waals surface area (Å²) in [6.45, 7) is 8.72. The van der Waals surface area contributed by atoms with Gasteiger partial charge < -0.3 is 15.0 Å². The number of carbonyl (C=O) groups excluding carboxylic acids is 2. The van der Waals surface area contributed by atoms with E-state index in [0.717, 1.165) is 48.4 Å². The normalized spacial score (nSPS) is 18.3. The number of hydrogen-bond acceptors (Lipinski definition) is 8. The topological polar surface area (TPSA) is 133 Å². The zero-order valence-corrected chi connectivity index (χ0v) is 28.7. The van der Waals surface area contributed by atoms with E-state index in [2.05, 4.69) is 17.1 Å². The Morgan fingerprint density at radius 1 is 0.956 bits per heavy atom. The summed E-state index contributed by atoms with van der Waals surface area (Å²) in [4.78, 5) is 30.2. The minimum Gasteiger partial charge on any atom is -0.444 e. The molecule has 1 N–H and O–H groups in total. The molecule has 2 bridgehead atoms. The molecule has 2 unspecified atom stereocenters. The van der Waals surface area contributed by atoms with Crippen LogP contribution in [0.5, 0.6) is 0 Å². The molecule has 2 aromatic rings. The highest BCUT2D eigenvalue weighted by atomic mass is 32.2. The monoisotopic (exact) mass is 662 g/mol. The Bertz CT molecular complexity index is 1590. The van der Waals surface area contributed by atoms with E-state index < -0.39 is 31.4 Å². The average molecular weight is 663 g/mol. The van der Waals surface area contributed by atoms with Crippen LogP contribution in [0.3, 0.4) is 0 Å². The number of carbonyl (C=O) groups is 2. The van der Waals surface area contributed by atoms with Crippen molar-refractivity contribution < 1.29 is 31.2 Å². The molecule has 0 spiro atoms. The van der Waals surface area contributed by atoms with Crippen LogP contribution in [0.4, 0.5) is 21.9 Å². The smallest absolute Gasteiger partial charge is 0.410 e. The van der Waals surface area contributed by atoms with Crippen molar-refractivity contribution in [2.24, 2.45) is 0 Å². The number of hydrogen-bond donors (Lipinski definition) is 1. The zero-order chi connectivity index (χ0) is 33.2. The first kappa shape index (κ1) is 34.6. The molecule has 13 heteroatoms. The number of anilines is 3. The van der Waals surface area contributed by atoms with Gasteiger partial charge in [0, 0.05) is 31.5 Å². The Kier molecular flexibility index (Phi) is 10.4. The van der Waals surface area contributed by atoms with E-state index in [9.17, 15) is 26.4 Å². The van der Waals surface area contributed by atoms with Gasteiger partial charge in [-0.05, 0) is 76.1 Å². The number of sulfonamides is 1. The molecule has 3 saturated heterocycles. The summed E-state index contributed by atoms with van der Waals surface area (Å²) in [7, 11) is -5.75. The van der Waals surface area contributed by atoms with E-state index >= 15 is 0 Å². The van der Waals surface area contributed by atoms with Crippen molar-refractivity contribution in [3.05, 3.63) is 48.0 Å². The van der Waals surface area contributed by atoms with Crippen LogP contribution in [0.2, 0.25) is 0 Å². The van der Waals surface area contributed by atoms with Gasteiger partial charge in [-0.15, -0.1) is 0 Å². The van der Waals surface area contributed by atoms with E-state index in [4.69, 9.17) is 4.74 Å². The highest BCUT2D eigenvalue weighted by Gasteiger charge is 2.49. The molecule has 0 aromatic heterocycles. The van der Waals surface area contributed by atoms with Gasteiger partial charge in [0.15, 0.2) is 9.84 Å². The highest BCUT2D eigenvalue weighted by Crippen LogP contribution is 2.37. The Morgan fingerprint density at radius 3 is 2.16 bits per heavy atom. The van der Waals surface area contributed by atoms with Crippen LogP contribution in [0.25, 0.3) is 0 Å². The molecule has 3 heterocycles. The minimum atomic E-state index is -3.71. The summed E-state index contributed by atoms with van der Waals surface area (Å²) in [6.07, 6.45) is 6.27. The predicted molar refractivity (Wildman–Crippen MR) is 177 cm³/mol. The fraction of sp³-hybridized carbons (Fsp3) is 0.562. The maximum Gasteiger partial charge on any atom is 0.410 e. The molecule has 248 valence electrons. The number of rotatable bonds is 12. The van der Waals surface area contributed by atoms with Gasteiger partial charge in [0.05, 0.1) is 40.2 Å². The zero-order valence-electron chi connectivity index (χ0n) is 27.1. The molecule has 0 aliphatic carbocycles. The highest BCUT2D eigenvalue weighted by molar-refractivity contribution is 7.92. The van der Waals surface area contributed by atoms with Gasteiger partial charge in [-0.2, -0.15) is 0 Å². The number of nitrogens with zero attached hydrogens (tertiary/aromatic N) is 3. The number of piperazine rings is 1. The molecular weight excluding hydrogens is 617 g/mol. The number of ether oxygens (including phenoxy) is 1. The lowest BCUT2D eigenvalue weighted by atomic mass is 9.87. The third kappa shape index (κ3) is 8.49. The lowest BCUT2D eigenvalue weighted by Gasteiger charge is -2.56. The molecule has 3 aliphatic heterocycles. The second kappa shape index (κ2) is 13.6. The number of nitrogens with one attached hydrogen (secondary N) is 1. The van der Waals surface area contributed by atoms with Gasteiger partial charge in [0.1, 0.15) is 5.60 Å². The molecule has 11 nitrogen and oxygen atoms in total. The molecule has 2 atom stereocenters. The molecule has 45 heavy (non-hydrogen) atoms. The van der Waals surface area contributed by atoms with Crippen LogP contribution >= 0.6 is 0 Å². The predicted octanol–water partition coefficient (Wildman–Crippen LogP) is 5.28. The summed E-state index contributed by atoms with van der Waals surface area (Å²) in [5.41, 5.74) is 0.887. The molecular formula is C32H46N4O7S2. The Hall–Kier alpha value is -3.32.